The second-order valence-electron chi connectivity index (χ2n) is 11.8. The zero-order valence-electron chi connectivity index (χ0n) is 30.3. The smallest absolute Gasteiger partial charge is 0.329 e. The molecule has 1 aromatic heterocycles. The van der Waals surface area contributed by atoms with Crippen LogP contribution < -0.4 is 20.1 Å². The fourth-order valence-corrected chi connectivity index (χ4v) is 5.52. The Morgan fingerprint density at radius 2 is 1.25 bits per heavy atom. The summed E-state index contributed by atoms with van der Waals surface area (Å²) < 4.78 is 54.5. The molecule has 0 aliphatic heterocycles. The summed E-state index contributed by atoms with van der Waals surface area (Å²) in [6, 6.07) is 13.8. The van der Waals surface area contributed by atoms with Crippen LogP contribution in [-0.4, -0.2) is 118 Å². The number of aromatic nitrogens is 2. The van der Waals surface area contributed by atoms with Crippen molar-refractivity contribution in [3.8, 4) is 5.75 Å². The number of hydrogen-bond donors (Lipinski definition) is 5. The van der Waals surface area contributed by atoms with Crippen LogP contribution >= 0.6 is 0 Å². The van der Waals surface area contributed by atoms with Crippen LogP contribution in [-0.2, 0) is 56.4 Å². The molecule has 300 valence electrons. The molecule has 2 aromatic carbocycles. The molecule has 3 rings (SSSR count). The highest BCUT2D eigenvalue weighted by Crippen LogP contribution is 2.19. The number of nitrogens with one attached hydrogen (secondary N) is 3. The third-order valence-electron chi connectivity index (χ3n) is 7.36. The number of carboxylic acid groups (broad SMARTS) is 2. The third kappa shape index (κ3) is 19.1. The van der Waals surface area contributed by atoms with Gasteiger partial charge in [0.25, 0.3) is 15.9 Å². The molecule has 3 aromatic rings. The van der Waals surface area contributed by atoms with E-state index in [-0.39, 0.29) is 88.1 Å². The molecule has 1 heterocycles. The molecule has 19 heteroatoms. The normalized spacial score (nSPS) is 11.1. The van der Waals surface area contributed by atoms with Crippen molar-refractivity contribution in [3.05, 3.63) is 77.6 Å². The first-order valence-corrected chi connectivity index (χ1v) is 18.9. The summed E-state index contributed by atoms with van der Waals surface area (Å²) in [6.07, 6.45) is 5.89. The van der Waals surface area contributed by atoms with Crippen molar-refractivity contribution in [3.63, 3.8) is 0 Å². The highest BCUT2D eigenvalue weighted by Gasteiger charge is 2.17. The first-order valence-electron chi connectivity index (χ1n) is 17.5. The van der Waals surface area contributed by atoms with E-state index in [1.165, 1.54) is 24.5 Å². The third-order valence-corrected chi connectivity index (χ3v) is 8.71. The molecule has 0 spiro atoms. The van der Waals surface area contributed by atoms with E-state index in [1.54, 1.807) is 12.1 Å². The molecule has 0 unspecified atom stereocenters. The minimum absolute atomic E-state index is 0.0345. The lowest BCUT2D eigenvalue weighted by molar-refractivity contribution is -0.143. The molecule has 0 atom stereocenters. The van der Waals surface area contributed by atoms with Crippen molar-refractivity contribution in [2.45, 2.75) is 43.6 Å². The van der Waals surface area contributed by atoms with Gasteiger partial charge in [0.05, 0.1) is 50.1 Å². The second-order valence-corrected chi connectivity index (χ2v) is 13.4. The summed E-state index contributed by atoms with van der Waals surface area (Å²) in [7, 11) is -4.03. The number of carbonyl (C=O) groups is 4. The van der Waals surface area contributed by atoms with E-state index >= 15 is 0 Å². The number of carboxylic acids is 2. The highest BCUT2D eigenvalue weighted by molar-refractivity contribution is 7.92. The van der Waals surface area contributed by atoms with Crippen LogP contribution in [0.1, 0.15) is 47.2 Å². The summed E-state index contributed by atoms with van der Waals surface area (Å²) in [4.78, 5) is 52.9. The molecule has 0 bridgehead atoms. The largest absolute Gasteiger partial charge is 0.489 e. The number of nitrogens with zero attached hydrogens (tertiary/aromatic N) is 2. The van der Waals surface area contributed by atoms with Crippen LogP contribution in [0.25, 0.3) is 0 Å². The number of ether oxygens (including phenoxy) is 5. The fourth-order valence-electron chi connectivity index (χ4n) is 4.56. The van der Waals surface area contributed by atoms with E-state index in [4.69, 9.17) is 33.9 Å². The lowest BCUT2D eigenvalue weighted by Crippen LogP contribution is -2.31. The Labute approximate surface area is 318 Å². The number of rotatable bonds is 29. The maximum Gasteiger partial charge on any atom is 0.329 e. The molecule has 0 aliphatic carbocycles. The zero-order valence-corrected chi connectivity index (χ0v) is 31.1. The van der Waals surface area contributed by atoms with Gasteiger partial charge in [-0.25, -0.2) is 27.9 Å². The van der Waals surface area contributed by atoms with Gasteiger partial charge in [-0.1, -0.05) is 30.7 Å². The van der Waals surface area contributed by atoms with Crippen molar-refractivity contribution in [2.75, 3.05) is 70.7 Å². The Morgan fingerprint density at radius 3 is 1.89 bits per heavy atom. The minimum atomic E-state index is -4.03. The average Bonchev–Trinajstić information content (AvgIpc) is 3.16. The van der Waals surface area contributed by atoms with Crippen molar-refractivity contribution >= 4 is 39.7 Å². The number of anilines is 1. The standard InChI is InChI=1S/C36H47N5O13S/c42-32(37-14-16-50-19-21-53-26-34(45)46)25-52-20-18-51-17-15-38-35(47)29-22-39-36(40-23-29)41-55(48,49)31-12-10-30(11-13-31)54-24-28-8-6-27(7-9-28)4-2-1-3-5-33(43)44/h6-13,22-23H,1-5,14-21,24-26H2,(H,37,42)(H,38,47)(H,43,44)(H,45,46)(H,39,40,41). The van der Waals surface area contributed by atoms with Gasteiger partial charge < -0.3 is 44.5 Å². The number of aryl methyl sites for hydroxylation is 1. The first kappa shape index (κ1) is 44.2. The first-order chi connectivity index (χ1) is 26.5. The van der Waals surface area contributed by atoms with Gasteiger partial charge >= 0.3 is 11.9 Å². The number of benzene rings is 2. The van der Waals surface area contributed by atoms with Gasteiger partial charge in [0.1, 0.15) is 25.6 Å². The SMILES string of the molecule is O=C(O)CCCCCc1ccc(COc2ccc(S(=O)(=O)Nc3ncc(C(=O)NCCOCCOCC(=O)NCCOCCOCC(=O)O)cn3)cc2)cc1. The monoisotopic (exact) mass is 789 g/mol. The molecule has 5 N–H and O–H groups in total. The molecular formula is C36H47N5O13S. The predicted molar refractivity (Wildman–Crippen MR) is 196 cm³/mol. The van der Waals surface area contributed by atoms with E-state index in [0.29, 0.717) is 18.8 Å². The number of amides is 2. The van der Waals surface area contributed by atoms with Gasteiger partial charge in [-0.2, -0.15) is 0 Å². The van der Waals surface area contributed by atoms with Gasteiger partial charge in [-0.3, -0.25) is 14.4 Å². The van der Waals surface area contributed by atoms with Crippen LogP contribution in [0.3, 0.4) is 0 Å². The van der Waals surface area contributed by atoms with Crippen LogP contribution in [0.4, 0.5) is 5.95 Å². The van der Waals surface area contributed by atoms with E-state index in [0.717, 1.165) is 30.4 Å². The summed E-state index contributed by atoms with van der Waals surface area (Å²) in [5.41, 5.74) is 2.21. The van der Waals surface area contributed by atoms with Gasteiger partial charge in [0.15, 0.2) is 0 Å². The number of sulfonamides is 1. The maximum absolute atomic E-state index is 12.9. The van der Waals surface area contributed by atoms with Gasteiger partial charge in [0.2, 0.25) is 11.9 Å². The van der Waals surface area contributed by atoms with Crippen LogP contribution in [0, 0.1) is 0 Å². The van der Waals surface area contributed by atoms with Crippen LogP contribution in [0.15, 0.2) is 65.8 Å². The molecule has 0 fully saturated rings. The number of carbonyl (C=O) groups excluding carboxylic acids is 2. The van der Waals surface area contributed by atoms with E-state index in [2.05, 4.69) is 25.3 Å². The zero-order chi connectivity index (χ0) is 39.7. The Hall–Kier alpha value is -5.21. The Bertz CT molecular complexity index is 1730. The molecule has 0 saturated carbocycles. The van der Waals surface area contributed by atoms with E-state index < -0.39 is 34.5 Å². The Balaban J connectivity index is 1.26. The molecule has 0 saturated heterocycles. The van der Waals surface area contributed by atoms with Gasteiger partial charge in [-0.15, -0.1) is 0 Å². The summed E-state index contributed by atoms with van der Waals surface area (Å²) in [5, 5.41) is 22.4. The van der Waals surface area contributed by atoms with Crippen molar-refractivity contribution in [1.82, 2.24) is 20.6 Å². The fraction of sp³-hybridized carbons (Fsp3) is 0.444. The van der Waals surface area contributed by atoms with Crippen LogP contribution in [0.2, 0.25) is 0 Å². The topological polar surface area (TPSA) is 251 Å². The van der Waals surface area contributed by atoms with Gasteiger partial charge in [0, 0.05) is 31.9 Å². The maximum atomic E-state index is 12.9. The summed E-state index contributed by atoms with van der Waals surface area (Å²) in [6.45, 7) is 1.24. The number of aliphatic carboxylic acids is 2. The van der Waals surface area contributed by atoms with Gasteiger partial charge in [-0.05, 0) is 54.7 Å². The molecule has 55 heavy (non-hydrogen) atoms. The molecule has 0 aliphatic rings. The molecular weight excluding hydrogens is 742 g/mol. The lowest BCUT2D eigenvalue weighted by Gasteiger charge is -2.10. The Kier molecular flexibility index (Phi) is 20.1. The summed E-state index contributed by atoms with van der Waals surface area (Å²) in [5.74, 6) is -2.39. The summed E-state index contributed by atoms with van der Waals surface area (Å²) >= 11 is 0. The van der Waals surface area contributed by atoms with Crippen molar-refractivity contribution in [1.29, 1.82) is 0 Å². The average molecular weight is 790 g/mol. The molecule has 18 nitrogen and oxygen atoms in total. The predicted octanol–water partition coefficient (Wildman–Crippen LogP) is 2.04. The lowest BCUT2D eigenvalue weighted by atomic mass is 10.0. The highest BCUT2D eigenvalue weighted by atomic mass is 32.2. The van der Waals surface area contributed by atoms with E-state index in [1.807, 2.05) is 24.3 Å². The second kappa shape index (κ2) is 25.0. The quantitative estimate of drug-likeness (QED) is 0.0632. The van der Waals surface area contributed by atoms with Crippen LogP contribution in [0.5, 0.6) is 5.75 Å². The van der Waals surface area contributed by atoms with E-state index in [9.17, 15) is 27.6 Å². The van der Waals surface area contributed by atoms with Crippen molar-refractivity contribution in [2.24, 2.45) is 0 Å². The Morgan fingerprint density at radius 1 is 0.655 bits per heavy atom. The number of unbranched alkanes of at least 4 members (excludes halogenated alkanes) is 2. The molecule has 2 amide bonds. The number of hydrogen-bond acceptors (Lipinski definition) is 13. The minimum Gasteiger partial charge on any atom is -0.489 e. The van der Waals surface area contributed by atoms with Crippen molar-refractivity contribution < 1.29 is 61.5 Å². The molecule has 0 radical (unpaired) electrons.